The predicted molar refractivity (Wildman–Crippen MR) is 110 cm³/mol. The summed E-state index contributed by atoms with van der Waals surface area (Å²) in [6, 6.07) is 7.14. The van der Waals surface area contributed by atoms with Crippen molar-refractivity contribution in [2.75, 3.05) is 32.7 Å². The normalized spacial score (nSPS) is 17.0. The van der Waals surface area contributed by atoms with Crippen molar-refractivity contribution in [2.24, 2.45) is 0 Å². The molecule has 0 aromatic heterocycles. The fourth-order valence-corrected chi connectivity index (χ4v) is 4.86. The van der Waals surface area contributed by atoms with Crippen molar-refractivity contribution in [3.63, 3.8) is 0 Å². The monoisotopic (exact) mass is 479 g/mol. The summed E-state index contributed by atoms with van der Waals surface area (Å²) in [7, 11) is -3.54. The Morgan fingerprint density at radius 3 is 2.12 bits per heavy atom. The molecule has 32 heavy (non-hydrogen) atoms. The Morgan fingerprint density at radius 2 is 1.69 bits per heavy atom. The number of carboxylic acid groups (broad SMARTS) is 1. The molecule has 1 saturated carbocycles. The number of hydrogen-bond acceptors (Lipinski definition) is 5. The maximum Gasteiger partial charge on any atom is 0.490 e. The summed E-state index contributed by atoms with van der Waals surface area (Å²) in [4.78, 5) is 23.4. The van der Waals surface area contributed by atoms with Gasteiger partial charge in [-0.2, -0.15) is 17.5 Å². The molecule has 2 N–H and O–H groups in total. The van der Waals surface area contributed by atoms with E-state index in [0.29, 0.717) is 18.0 Å². The average Bonchev–Trinajstić information content (AvgIpc) is 3.59. The third kappa shape index (κ3) is 7.45. The minimum absolute atomic E-state index is 0.0451. The summed E-state index contributed by atoms with van der Waals surface area (Å²) >= 11 is 0. The van der Waals surface area contributed by atoms with Crippen LogP contribution in [0.25, 0.3) is 0 Å². The first-order chi connectivity index (χ1) is 15.0. The SMILES string of the molecule is CCc1ccc(S(=O)(=O)N(CCC(=O)N2CCNCC2)C2CC2)cc1.O=C(O)C(F)(F)F. The van der Waals surface area contributed by atoms with Crippen LogP contribution in [0.5, 0.6) is 0 Å². The van der Waals surface area contributed by atoms with Crippen LogP contribution in [-0.2, 0) is 26.0 Å². The zero-order chi connectivity index (χ0) is 23.9. The lowest BCUT2D eigenvalue weighted by molar-refractivity contribution is -0.192. The van der Waals surface area contributed by atoms with Crippen LogP contribution in [0.2, 0.25) is 0 Å². The summed E-state index contributed by atoms with van der Waals surface area (Å²) in [5.41, 5.74) is 1.12. The largest absolute Gasteiger partial charge is 0.490 e. The first-order valence-corrected chi connectivity index (χ1v) is 11.8. The van der Waals surface area contributed by atoms with Gasteiger partial charge in [0.25, 0.3) is 0 Å². The number of aliphatic carboxylic acids is 1. The summed E-state index contributed by atoms with van der Waals surface area (Å²) in [6.45, 7) is 5.33. The van der Waals surface area contributed by atoms with Crippen LogP contribution in [0.3, 0.4) is 0 Å². The third-order valence-corrected chi connectivity index (χ3v) is 7.12. The van der Waals surface area contributed by atoms with E-state index in [2.05, 4.69) is 5.32 Å². The van der Waals surface area contributed by atoms with Gasteiger partial charge in [-0.3, -0.25) is 4.79 Å². The van der Waals surface area contributed by atoms with Crippen molar-refractivity contribution in [1.29, 1.82) is 0 Å². The molecule has 2 aliphatic rings. The second-order valence-corrected chi connectivity index (χ2v) is 9.42. The highest BCUT2D eigenvalue weighted by Crippen LogP contribution is 2.32. The minimum atomic E-state index is -5.08. The van der Waals surface area contributed by atoms with Gasteiger partial charge in [0.15, 0.2) is 0 Å². The molecule has 1 saturated heterocycles. The summed E-state index contributed by atoms with van der Waals surface area (Å²) < 4.78 is 59.3. The van der Waals surface area contributed by atoms with Crippen LogP contribution in [0.1, 0.15) is 31.7 Å². The number of rotatable bonds is 7. The lowest BCUT2D eigenvalue weighted by atomic mass is 10.2. The van der Waals surface area contributed by atoms with Crippen molar-refractivity contribution in [3.8, 4) is 0 Å². The zero-order valence-corrected chi connectivity index (χ0v) is 18.6. The van der Waals surface area contributed by atoms with Crippen LogP contribution >= 0.6 is 0 Å². The van der Waals surface area contributed by atoms with Crippen molar-refractivity contribution < 1.29 is 36.3 Å². The third-order valence-electron chi connectivity index (χ3n) is 5.15. The molecular weight excluding hydrogens is 451 g/mol. The van der Waals surface area contributed by atoms with Gasteiger partial charge in [-0.05, 0) is 37.0 Å². The Hall–Kier alpha value is -2.18. The molecule has 0 radical (unpaired) electrons. The highest BCUT2D eigenvalue weighted by Gasteiger charge is 2.39. The number of nitrogens with zero attached hydrogens (tertiary/aromatic N) is 2. The van der Waals surface area contributed by atoms with E-state index in [1.807, 2.05) is 24.0 Å². The number of carbonyl (C=O) groups is 2. The van der Waals surface area contributed by atoms with E-state index in [0.717, 1.165) is 37.9 Å². The van der Waals surface area contributed by atoms with E-state index >= 15 is 0 Å². The van der Waals surface area contributed by atoms with Gasteiger partial charge in [0, 0.05) is 45.2 Å². The fraction of sp³-hybridized carbons (Fsp3) is 0.600. The Kier molecular flexibility index (Phi) is 9.05. The molecule has 180 valence electrons. The first-order valence-electron chi connectivity index (χ1n) is 10.4. The van der Waals surface area contributed by atoms with E-state index in [1.165, 1.54) is 4.31 Å². The second-order valence-electron chi connectivity index (χ2n) is 7.53. The lowest BCUT2D eigenvalue weighted by Gasteiger charge is -2.29. The van der Waals surface area contributed by atoms with E-state index in [-0.39, 0.29) is 24.9 Å². The van der Waals surface area contributed by atoms with Crippen molar-refractivity contribution in [2.45, 2.75) is 49.7 Å². The van der Waals surface area contributed by atoms with Gasteiger partial charge < -0.3 is 15.3 Å². The standard InChI is InChI=1S/C18H27N3O3S.C2HF3O2/c1-2-15-3-7-17(8-4-15)25(23,24)21(16-5-6-16)12-9-18(22)20-13-10-19-11-14-20;3-2(4,5)1(6)7/h3-4,7-8,16,19H,2,5-6,9-14H2,1H3;(H,6,7). The van der Waals surface area contributed by atoms with Gasteiger partial charge in [-0.15, -0.1) is 0 Å². The van der Waals surface area contributed by atoms with Crippen molar-refractivity contribution >= 4 is 21.9 Å². The molecule has 8 nitrogen and oxygen atoms in total. The molecule has 1 amide bonds. The quantitative estimate of drug-likeness (QED) is 0.618. The number of benzene rings is 1. The van der Waals surface area contributed by atoms with Gasteiger partial charge in [0.2, 0.25) is 15.9 Å². The molecule has 2 fully saturated rings. The Bertz CT molecular complexity index is 881. The zero-order valence-electron chi connectivity index (χ0n) is 17.8. The molecule has 12 heteroatoms. The number of alkyl halides is 3. The first kappa shape index (κ1) is 26.1. The molecule has 1 heterocycles. The lowest BCUT2D eigenvalue weighted by Crippen LogP contribution is -2.47. The van der Waals surface area contributed by atoms with E-state index in [1.54, 1.807) is 12.1 Å². The molecule has 0 bridgehead atoms. The Morgan fingerprint density at radius 1 is 1.16 bits per heavy atom. The topological polar surface area (TPSA) is 107 Å². The number of amides is 1. The van der Waals surface area contributed by atoms with Gasteiger partial charge in [0.05, 0.1) is 4.90 Å². The highest BCUT2D eigenvalue weighted by molar-refractivity contribution is 7.89. The molecule has 1 aliphatic heterocycles. The Labute approximate surface area is 185 Å². The number of aryl methyl sites for hydroxylation is 1. The van der Waals surface area contributed by atoms with Gasteiger partial charge in [0.1, 0.15) is 0 Å². The average molecular weight is 480 g/mol. The summed E-state index contributed by atoms with van der Waals surface area (Å²) in [6.07, 6.45) is -2.18. The number of piperazine rings is 1. The van der Waals surface area contributed by atoms with Crippen LogP contribution in [0.4, 0.5) is 13.2 Å². The van der Waals surface area contributed by atoms with Crippen LogP contribution in [0.15, 0.2) is 29.2 Å². The molecule has 1 aromatic carbocycles. The molecule has 0 unspecified atom stereocenters. The maximum atomic E-state index is 13.0. The number of hydrogen-bond donors (Lipinski definition) is 2. The van der Waals surface area contributed by atoms with Crippen LogP contribution in [0, 0.1) is 0 Å². The van der Waals surface area contributed by atoms with Crippen molar-refractivity contribution in [1.82, 2.24) is 14.5 Å². The van der Waals surface area contributed by atoms with Crippen LogP contribution < -0.4 is 5.32 Å². The predicted octanol–water partition coefficient (Wildman–Crippen LogP) is 1.86. The number of halogens is 3. The number of sulfonamides is 1. The molecular formula is C20H28F3N3O5S. The number of carbonyl (C=O) groups excluding carboxylic acids is 1. The molecule has 1 aliphatic carbocycles. The van der Waals surface area contributed by atoms with Gasteiger partial charge in [-0.1, -0.05) is 19.1 Å². The number of nitrogens with one attached hydrogen (secondary N) is 1. The van der Waals surface area contributed by atoms with Gasteiger partial charge in [-0.25, -0.2) is 13.2 Å². The van der Waals surface area contributed by atoms with E-state index < -0.39 is 22.2 Å². The summed E-state index contributed by atoms with van der Waals surface area (Å²) in [5, 5.41) is 10.3. The highest BCUT2D eigenvalue weighted by atomic mass is 32.2. The fourth-order valence-electron chi connectivity index (χ4n) is 3.17. The second kappa shape index (κ2) is 11.1. The number of carboxylic acids is 1. The smallest absolute Gasteiger partial charge is 0.475 e. The van der Waals surface area contributed by atoms with E-state index in [4.69, 9.17) is 9.90 Å². The van der Waals surface area contributed by atoms with Crippen molar-refractivity contribution in [3.05, 3.63) is 29.8 Å². The molecule has 3 rings (SSSR count). The molecule has 0 atom stereocenters. The Balaban J connectivity index is 0.000000451. The summed E-state index contributed by atoms with van der Waals surface area (Å²) in [5.74, 6) is -2.71. The minimum Gasteiger partial charge on any atom is -0.475 e. The molecule has 1 aromatic rings. The maximum absolute atomic E-state index is 13.0. The van der Waals surface area contributed by atoms with Gasteiger partial charge >= 0.3 is 12.1 Å². The molecule has 0 spiro atoms. The van der Waals surface area contributed by atoms with Crippen LogP contribution in [-0.4, -0.2) is 79.5 Å². The van der Waals surface area contributed by atoms with E-state index in [9.17, 15) is 26.4 Å².